The second kappa shape index (κ2) is 7.07. The first kappa shape index (κ1) is 16.4. The maximum Gasteiger partial charge on any atom is 0.281 e. The number of benzene rings is 1. The summed E-state index contributed by atoms with van der Waals surface area (Å²) in [6, 6.07) is 11.8. The Bertz CT molecular complexity index is 1140. The lowest BCUT2D eigenvalue weighted by Gasteiger charge is -2.05. The number of carbonyl (C=O) groups is 1. The van der Waals surface area contributed by atoms with Crippen molar-refractivity contribution in [2.24, 2.45) is 10.7 Å². The standard InChI is InChI=1S/C19H17N5OS/c20-10-13-3-1-4-14(9-13)12-24-7-8-26-19(24)23-18(25)16-11-22-17-15(16)5-2-6-21-17/h1-9,11H,10,12,20H2,(H,21,22). The van der Waals surface area contributed by atoms with E-state index in [4.69, 9.17) is 5.73 Å². The van der Waals surface area contributed by atoms with E-state index in [1.807, 2.05) is 46.5 Å². The fourth-order valence-corrected chi connectivity index (χ4v) is 3.56. The highest BCUT2D eigenvalue weighted by atomic mass is 32.1. The first-order valence-corrected chi connectivity index (χ1v) is 9.05. The molecule has 0 radical (unpaired) electrons. The van der Waals surface area contributed by atoms with Crippen LogP contribution in [0.2, 0.25) is 0 Å². The minimum Gasteiger partial charge on any atom is -0.345 e. The number of nitrogens with two attached hydrogens (primary N) is 1. The van der Waals surface area contributed by atoms with E-state index in [1.165, 1.54) is 11.3 Å². The maximum atomic E-state index is 12.7. The Morgan fingerprint density at radius 2 is 2.15 bits per heavy atom. The van der Waals surface area contributed by atoms with E-state index in [1.54, 1.807) is 12.4 Å². The third kappa shape index (κ3) is 3.22. The van der Waals surface area contributed by atoms with Gasteiger partial charge in [-0.05, 0) is 23.3 Å². The van der Waals surface area contributed by atoms with Crippen LogP contribution in [0.15, 0.2) is 65.4 Å². The number of amides is 1. The molecule has 1 aromatic carbocycles. The van der Waals surface area contributed by atoms with Crippen LogP contribution in [0.25, 0.3) is 11.0 Å². The highest BCUT2D eigenvalue weighted by Gasteiger charge is 2.12. The Morgan fingerprint density at radius 1 is 1.27 bits per heavy atom. The number of hydrogen-bond donors (Lipinski definition) is 2. The highest BCUT2D eigenvalue weighted by Crippen LogP contribution is 2.16. The Kier molecular flexibility index (Phi) is 4.47. The van der Waals surface area contributed by atoms with Gasteiger partial charge in [0.1, 0.15) is 5.65 Å². The Hall–Kier alpha value is -3.03. The maximum absolute atomic E-state index is 12.7. The molecule has 26 heavy (non-hydrogen) atoms. The molecule has 3 N–H and O–H groups in total. The lowest BCUT2D eigenvalue weighted by atomic mass is 10.1. The number of aromatic nitrogens is 3. The fraction of sp³-hybridized carbons (Fsp3) is 0.105. The van der Waals surface area contributed by atoms with Crippen LogP contribution in [-0.4, -0.2) is 20.4 Å². The van der Waals surface area contributed by atoms with Crippen molar-refractivity contribution in [3.05, 3.63) is 81.9 Å². The van der Waals surface area contributed by atoms with Gasteiger partial charge in [-0.3, -0.25) is 4.79 Å². The van der Waals surface area contributed by atoms with Crippen LogP contribution in [0, 0.1) is 0 Å². The molecule has 3 heterocycles. The van der Waals surface area contributed by atoms with Crippen molar-refractivity contribution < 1.29 is 4.79 Å². The van der Waals surface area contributed by atoms with Crippen molar-refractivity contribution >= 4 is 28.3 Å². The third-order valence-corrected chi connectivity index (χ3v) is 4.91. The zero-order valence-corrected chi connectivity index (χ0v) is 14.7. The van der Waals surface area contributed by atoms with Gasteiger partial charge in [0.2, 0.25) is 0 Å². The Morgan fingerprint density at radius 3 is 3.04 bits per heavy atom. The van der Waals surface area contributed by atoms with Gasteiger partial charge in [-0.15, -0.1) is 11.3 Å². The van der Waals surface area contributed by atoms with E-state index in [-0.39, 0.29) is 5.91 Å². The summed E-state index contributed by atoms with van der Waals surface area (Å²) in [5.74, 6) is -0.281. The molecule has 1 amide bonds. The smallest absolute Gasteiger partial charge is 0.281 e. The molecular weight excluding hydrogens is 346 g/mol. The minimum atomic E-state index is -0.281. The lowest BCUT2D eigenvalue weighted by molar-refractivity contribution is 0.0999. The van der Waals surface area contributed by atoms with Crippen LogP contribution in [-0.2, 0) is 13.1 Å². The Balaban J connectivity index is 1.66. The summed E-state index contributed by atoms with van der Waals surface area (Å²) >= 11 is 1.43. The third-order valence-electron chi connectivity index (χ3n) is 4.12. The number of rotatable bonds is 4. The number of H-pyrrole nitrogens is 1. The number of nitrogens with zero attached hydrogens (tertiary/aromatic N) is 3. The number of nitrogens with one attached hydrogen (secondary N) is 1. The average molecular weight is 363 g/mol. The van der Waals surface area contributed by atoms with Crippen LogP contribution >= 0.6 is 11.3 Å². The predicted molar refractivity (Wildman–Crippen MR) is 102 cm³/mol. The van der Waals surface area contributed by atoms with Crippen molar-refractivity contribution in [1.82, 2.24) is 14.5 Å². The van der Waals surface area contributed by atoms with Crippen LogP contribution in [0.5, 0.6) is 0 Å². The summed E-state index contributed by atoms with van der Waals surface area (Å²) < 4.78 is 1.96. The molecule has 0 saturated heterocycles. The number of aromatic amines is 1. The van der Waals surface area contributed by atoms with Crippen LogP contribution in [0.1, 0.15) is 21.5 Å². The molecule has 0 bridgehead atoms. The van der Waals surface area contributed by atoms with E-state index >= 15 is 0 Å². The Labute approximate surface area is 153 Å². The van der Waals surface area contributed by atoms with E-state index < -0.39 is 0 Å². The van der Waals surface area contributed by atoms with Crippen molar-refractivity contribution in [2.75, 3.05) is 0 Å². The molecule has 0 atom stereocenters. The zero-order chi connectivity index (χ0) is 17.9. The second-order valence-corrected chi connectivity index (χ2v) is 6.73. The summed E-state index contributed by atoms with van der Waals surface area (Å²) in [6.45, 7) is 1.14. The summed E-state index contributed by atoms with van der Waals surface area (Å²) in [5, 5.41) is 2.70. The molecule has 0 saturated carbocycles. The SMILES string of the molecule is NCc1cccc(Cn2ccsc2=NC(=O)c2c[nH]c3ncccc23)c1. The van der Waals surface area contributed by atoms with Gasteiger partial charge < -0.3 is 15.3 Å². The van der Waals surface area contributed by atoms with Gasteiger partial charge in [-0.25, -0.2) is 4.98 Å². The van der Waals surface area contributed by atoms with Gasteiger partial charge in [0.15, 0.2) is 4.80 Å². The largest absolute Gasteiger partial charge is 0.345 e. The van der Waals surface area contributed by atoms with Gasteiger partial charge in [0.05, 0.1) is 5.56 Å². The number of carbonyl (C=O) groups excluding carboxylic acids is 1. The first-order chi connectivity index (χ1) is 12.7. The molecule has 0 spiro atoms. The lowest BCUT2D eigenvalue weighted by Crippen LogP contribution is -2.17. The van der Waals surface area contributed by atoms with E-state index in [0.717, 1.165) is 16.5 Å². The van der Waals surface area contributed by atoms with E-state index in [9.17, 15) is 4.79 Å². The van der Waals surface area contributed by atoms with Gasteiger partial charge in [0, 0.05) is 42.4 Å². The van der Waals surface area contributed by atoms with E-state index in [2.05, 4.69) is 21.0 Å². The van der Waals surface area contributed by atoms with Crippen molar-refractivity contribution in [2.45, 2.75) is 13.1 Å². The molecule has 0 aliphatic heterocycles. The number of fused-ring (bicyclic) bond motifs is 1. The zero-order valence-electron chi connectivity index (χ0n) is 13.9. The van der Waals surface area contributed by atoms with Crippen LogP contribution in [0.3, 0.4) is 0 Å². The van der Waals surface area contributed by atoms with Crippen molar-refractivity contribution in [3.63, 3.8) is 0 Å². The van der Waals surface area contributed by atoms with Gasteiger partial charge in [-0.2, -0.15) is 4.99 Å². The number of pyridine rings is 1. The molecule has 6 nitrogen and oxygen atoms in total. The summed E-state index contributed by atoms with van der Waals surface area (Å²) in [5.41, 5.74) is 9.13. The quantitative estimate of drug-likeness (QED) is 0.584. The topological polar surface area (TPSA) is 89.1 Å². The van der Waals surface area contributed by atoms with Crippen LogP contribution < -0.4 is 10.5 Å². The molecule has 130 valence electrons. The number of hydrogen-bond acceptors (Lipinski definition) is 4. The molecule has 4 aromatic rings. The second-order valence-electron chi connectivity index (χ2n) is 5.86. The first-order valence-electron chi connectivity index (χ1n) is 8.17. The monoisotopic (exact) mass is 363 g/mol. The predicted octanol–water partition coefficient (Wildman–Crippen LogP) is 2.67. The summed E-state index contributed by atoms with van der Waals surface area (Å²) in [6.07, 6.45) is 5.28. The number of thiazole rings is 1. The van der Waals surface area contributed by atoms with Gasteiger partial charge in [0.25, 0.3) is 5.91 Å². The van der Waals surface area contributed by atoms with E-state index in [0.29, 0.717) is 29.1 Å². The summed E-state index contributed by atoms with van der Waals surface area (Å²) in [7, 11) is 0. The fourth-order valence-electron chi connectivity index (χ4n) is 2.84. The molecule has 4 rings (SSSR count). The summed E-state index contributed by atoms with van der Waals surface area (Å²) in [4.78, 5) is 24.9. The van der Waals surface area contributed by atoms with Gasteiger partial charge >= 0.3 is 0 Å². The average Bonchev–Trinajstić information content (AvgIpc) is 3.29. The molecular formula is C19H17N5OS. The molecule has 0 unspecified atom stereocenters. The van der Waals surface area contributed by atoms with Crippen molar-refractivity contribution in [1.29, 1.82) is 0 Å². The molecule has 0 aliphatic rings. The molecule has 3 aromatic heterocycles. The van der Waals surface area contributed by atoms with Gasteiger partial charge in [-0.1, -0.05) is 24.3 Å². The molecule has 7 heteroatoms. The van der Waals surface area contributed by atoms with Crippen LogP contribution in [0.4, 0.5) is 0 Å². The molecule has 0 fully saturated rings. The van der Waals surface area contributed by atoms with Crippen molar-refractivity contribution in [3.8, 4) is 0 Å². The highest BCUT2D eigenvalue weighted by molar-refractivity contribution is 7.07. The minimum absolute atomic E-state index is 0.281. The molecule has 0 aliphatic carbocycles. The normalized spacial score (nSPS) is 12.0.